The first-order valence-electron chi connectivity index (χ1n) is 12.7. The Morgan fingerprint density at radius 2 is 2.03 bits per heavy atom. The first-order valence-corrected chi connectivity index (χ1v) is 13.1. The van der Waals surface area contributed by atoms with E-state index in [1.54, 1.807) is 0 Å². The predicted molar refractivity (Wildman–Crippen MR) is 143 cm³/mol. The van der Waals surface area contributed by atoms with Gasteiger partial charge in [-0.15, -0.1) is 0 Å². The van der Waals surface area contributed by atoms with Crippen molar-refractivity contribution in [3.63, 3.8) is 0 Å². The summed E-state index contributed by atoms with van der Waals surface area (Å²) in [5.74, 6) is -0.257. The molecule has 0 radical (unpaired) electrons. The molecule has 2 fully saturated rings. The zero-order valence-electron chi connectivity index (χ0n) is 20.8. The number of aromatic nitrogens is 3. The van der Waals surface area contributed by atoms with Crippen molar-refractivity contribution in [3.8, 4) is 11.5 Å². The van der Waals surface area contributed by atoms with Gasteiger partial charge in [-0.25, -0.2) is 14.4 Å². The molecule has 1 saturated heterocycles. The number of carbonyl (C=O) groups excluding carboxylic acids is 1. The summed E-state index contributed by atoms with van der Waals surface area (Å²) in [7, 11) is 2.15. The van der Waals surface area contributed by atoms with Crippen LogP contribution in [0.1, 0.15) is 41.6 Å². The van der Waals surface area contributed by atoms with Crippen molar-refractivity contribution >= 4 is 29.0 Å². The van der Waals surface area contributed by atoms with Gasteiger partial charge in [-0.3, -0.25) is 9.78 Å². The van der Waals surface area contributed by atoms with E-state index in [0.717, 1.165) is 63.4 Å². The third kappa shape index (κ3) is 6.23. The monoisotopic (exact) mass is 523 g/mol. The van der Waals surface area contributed by atoms with Crippen molar-refractivity contribution in [3.05, 3.63) is 64.7 Å². The summed E-state index contributed by atoms with van der Waals surface area (Å²) in [6, 6.07) is 8.75. The number of halogens is 2. The Morgan fingerprint density at radius 1 is 1.19 bits per heavy atom. The number of nitrogens with zero attached hydrogens (tertiary/aromatic N) is 4. The van der Waals surface area contributed by atoms with Gasteiger partial charge in [-0.1, -0.05) is 30.5 Å². The molecule has 1 atom stereocenters. The Hall–Kier alpha value is -3.14. The quantitative estimate of drug-likeness (QED) is 0.423. The maximum atomic E-state index is 14.3. The molecule has 1 aromatic carbocycles. The predicted octanol–water partition coefficient (Wildman–Crippen LogP) is 4.38. The second kappa shape index (κ2) is 11.5. The van der Waals surface area contributed by atoms with Crippen LogP contribution in [0.5, 0.6) is 0 Å². The molecule has 1 unspecified atom stereocenters. The average Bonchev–Trinajstić information content (AvgIpc) is 3.40. The maximum Gasteiger partial charge on any atom is 0.261 e. The fourth-order valence-corrected chi connectivity index (χ4v) is 5.02. The zero-order valence-corrected chi connectivity index (χ0v) is 21.6. The molecule has 2 aromatic heterocycles. The van der Waals surface area contributed by atoms with Crippen LogP contribution in [0.25, 0.3) is 11.5 Å². The van der Waals surface area contributed by atoms with Crippen LogP contribution in [0.15, 0.2) is 42.7 Å². The fraction of sp³-hybridized carbons (Fsp3) is 0.407. The molecule has 1 saturated carbocycles. The maximum absolute atomic E-state index is 14.3. The molecule has 3 N–H and O–H groups in total. The Balaban J connectivity index is 1.37. The molecule has 0 spiro atoms. The molecule has 5 rings (SSSR count). The SMILES string of the molecule is CN1CCNCC1Cc1ccc(-c2ncc(C(=O)Nc3ccc(Cl)cc3F)c(NC3CCCC3)n2)nc1. The number of rotatable bonds is 7. The van der Waals surface area contributed by atoms with Crippen molar-refractivity contribution in [2.24, 2.45) is 0 Å². The van der Waals surface area contributed by atoms with E-state index < -0.39 is 11.7 Å². The number of pyridine rings is 1. The summed E-state index contributed by atoms with van der Waals surface area (Å²) in [4.78, 5) is 29.2. The van der Waals surface area contributed by atoms with E-state index in [1.807, 2.05) is 12.3 Å². The standard InChI is InChI=1S/C27H31ClFN7O/c1-36-11-10-30-15-20(36)12-17-6-8-24(31-14-17)26-32-16-21(25(35-26)33-19-4-2-3-5-19)27(37)34-23-9-7-18(28)13-22(23)29/h6-9,13-14,16,19-20,30H,2-5,10-12,15H2,1H3,(H,34,37)(H,32,33,35). The molecule has 37 heavy (non-hydrogen) atoms. The molecule has 10 heteroatoms. The van der Waals surface area contributed by atoms with Crippen LogP contribution in [0.4, 0.5) is 15.9 Å². The summed E-state index contributed by atoms with van der Waals surface area (Å²) in [5, 5.41) is 9.73. The van der Waals surface area contributed by atoms with Gasteiger partial charge >= 0.3 is 0 Å². The Bertz CT molecular complexity index is 1250. The highest BCUT2D eigenvalue weighted by atomic mass is 35.5. The van der Waals surface area contributed by atoms with E-state index >= 15 is 0 Å². The minimum absolute atomic E-state index is 0.0429. The number of amides is 1. The van der Waals surface area contributed by atoms with Crippen molar-refractivity contribution in [2.45, 2.75) is 44.2 Å². The molecule has 0 bridgehead atoms. The van der Waals surface area contributed by atoms with Gasteiger partial charge in [-0.2, -0.15) is 0 Å². The second-order valence-corrected chi connectivity index (χ2v) is 10.2. The molecule has 8 nitrogen and oxygen atoms in total. The minimum atomic E-state index is -0.608. The molecule has 1 aliphatic carbocycles. The van der Waals surface area contributed by atoms with Crippen LogP contribution in [0.3, 0.4) is 0 Å². The summed E-state index contributed by atoms with van der Waals surface area (Å²) in [6.45, 7) is 3.01. The molecule has 1 aliphatic heterocycles. The molecule has 2 aliphatic rings. The number of piperazine rings is 1. The molecule has 3 aromatic rings. The van der Waals surface area contributed by atoms with Gasteiger partial charge in [-0.05, 0) is 56.1 Å². The van der Waals surface area contributed by atoms with Gasteiger partial charge in [0.2, 0.25) is 0 Å². The Morgan fingerprint density at radius 3 is 2.76 bits per heavy atom. The van der Waals surface area contributed by atoms with E-state index in [2.05, 4.69) is 48.9 Å². The summed E-state index contributed by atoms with van der Waals surface area (Å²) >= 11 is 5.84. The smallest absolute Gasteiger partial charge is 0.261 e. The van der Waals surface area contributed by atoms with E-state index in [0.29, 0.717) is 23.4 Å². The zero-order chi connectivity index (χ0) is 25.8. The number of carbonyl (C=O) groups is 1. The first-order chi connectivity index (χ1) is 18.0. The summed E-state index contributed by atoms with van der Waals surface area (Å²) in [5.41, 5.74) is 2.06. The van der Waals surface area contributed by atoms with Crippen LogP contribution in [-0.4, -0.2) is 64.5 Å². The molecule has 194 valence electrons. The highest BCUT2D eigenvalue weighted by molar-refractivity contribution is 6.30. The number of hydrogen-bond donors (Lipinski definition) is 3. The number of benzene rings is 1. The summed E-state index contributed by atoms with van der Waals surface area (Å²) in [6.07, 6.45) is 8.51. The van der Waals surface area contributed by atoms with E-state index in [4.69, 9.17) is 11.6 Å². The first kappa shape index (κ1) is 25.5. The normalized spacial score (nSPS) is 18.6. The third-order valence-electron chi connectivity index (χ3n) is 7.08. The van der Waals surface area contributed by atoms with Gasteiger partial charge in [0.1, 0.15) is 22.9 Å². The Labute approximate surface area is 221 Å². The van der Waals surface area contributed by atoms with Gasteiger partial charge in [0, 0.05) is 49.1 Å². The number of nitrogens with one attached hydrogen (secondary N) is 3. The van der Waals surface area contributed by atoms with E-state index in [1.165, 1.54) is 18.3 Å². The van der Waals surface area contributed by atoms with Gasteiger partial charge < -0.3 is 20.9 Å². The molecule has 1 amide bonds. The van der Waals surface area contributed by atoms with Crippen LogP contribution >= 0.6 is 11.6 Å². The number of hydrogen-bond acceptors (Lipinski definition) is 7. The van der Waals surface area contributed by atoms with Gasteiger partial charge in [0.05, 0.1) is 5.69 Å². The van der Waals surface area contributed by atoms with Crippen molar-refractivity contribution < 1.29 is 9.18 Å². The van der Waals surface area contributed by atoms with E-state index in [9.17, 15) is 9.18 Å². The van der Waals surface area contributed by atoms with Crippen LogP contribution in [0, 0.1) is 5.82 Å². The lowest BCUT2D eigenvalue weighted by atomic mass is 10.0. The van der Waals surface area contributed by atoms with Gasteiger partial charge in [0.15, 0.2) is 5.82 Å². The average molecular weight is 524 g/mol. The van der Waals surface area contributed by atoms with Gasteiger partial charge in [0.25, 0.3) is 5.91 Å². The number of anilines is 2. The number of likely N-dealkylation sites (N-methyl/N-ethyl adjacent to an activating group) is 1. The molecule has 3 heterocycles. The second-order valence-electron chi connectivity index (χ2n) is 9.75. The van der Waals surface area contributed by atoms with Crippen molar-refractivity contribution in [2.75, 3.05) is 37.3 Å². The minimum Gasteiger partial charge on any atom is -0.367 e. The highest BCUT2D eigenvalue weighted by Gasteiger charge is 2.23. The topological polar surface area (TPSA) is 95.1 Å². The lowest BCUT2D eigenvalue weighted by molar-refractivity contribution is 0.102. The van der Waals surface area contributed by atoms with E-state index in [-0.39, 0.29) is 22.3 Å². The molecular formula is C27H31ClFN7O. The third-order valence-corrected chi connectivity index (χ3v) is 7.31. The highest BCUT2D eigenvalue weighted by Crippen LogP contribution is 2.26. The lowest BCUT2D eigenvalue weighted by Gasteiger charge is -2.33. The van der Waals surface area contributed by atoms with Crippen LogP contribution in [0.2, 0.25) is 5.02 Å². The summed E-state index contributed by atoms with van der Waals surface area (Å²) < 4.78 is 14.3. The lowest BCUT2D eigenvalue weighted by Crippen LogP contribution is -2.50. The van der Waals surface area contributed by atoms with Crippen LogP contribution in [-0.2, 0) is 6.42 Å². The molecular weight excluding hydrogens is 493 g/mol. The van der Waals surface area contributed by atoms with Crippen molar-refractivity contribution in [1.29, 1.82) is 0 Å². The largest absolute Gasteiger partial charge is 0.367 e. The Kier molecular flexibility index (Phi) is 7.93. The van der Waals surface area contributed by atoms with Crippen molar-refractivity contribution in [1.82, 2.24) is 25.2 Å². The van der Waals surface area contributed by atoms with Crippen LogP contribution < -0.4 is 16.0 Å². The fourth-order valence-electron chi connectivity index (χ4n) is 4.87.